The molecule has 0 aliphatic carbocycles. The van der Waals surface area contributed by atoms with Crippen molar-refractivity contribution >= 4 is 12.1 Å². The minimum Gasteiger partial charge on any atom is -0.481 e. The third-order valence-electron chi connectivity index (χ3n) is 3.39. The lowest BCUT2D eigenvalue weighted by Gasteiger charge is -2.27. The van der Waals surface area contributed by atoms with Crippen LogP contribution in [0.15, 0.2) is 0 Å². The molecule has 0 spiro atoms. The zero-order valence-electron chi connectivity index (χ0n) is 11.9. The summed E-state index contributed by atoms with van der Waals surface area (Å²) in [5.74, 6) is -1.16. The smallest absolute Gasteiger partial charge is 0.410 e. The number of ether oxygens (including phenoxy) is 1. The van der Waals surface area contributed by atoms with Crippen LogP contribution >= 0.6 is 0 Å². The Labute approximate surface area is 112 Å². The van der Waals surface area contributed by atoms with Crippen LogP contribution in [0.1, 0.15) is 40.5 Å². The molecule has 1 fully saturated rings. The van der Waals surface area contributed by atoms with E-state index in [2.05, 4.69) is 0 Å². The number of amides is 1. The Hall–Kier alpha value is -1.33. The molecule has 0 radical (unpaired) electrons. The monoisotopic (exact) mass is 275 g/mol. The third-order valence-corrected chi connectivity index (χ3v) is 3.39. The maximum atomic E-state index is 14.0. The second kappa shape index (κ2) is 5.35. The van der Waals surface area contributed by atoms with Gasteiger partial charge in [0.2, 0.25) is 0 Å². The lowest BCUT2D eigenvalue weighted by atomic mass is 9.81. The van der Waals surface area contributed by atoms with Gasteiger partial charge in [-0.05, 0) is 40.5 Å². The fraction of sp³-hybridized carbons (Fsp3) is 0.846. The van der Waals surface area contributed by atoms with Crippen LogP contribution in [0.3, 0.4) is 0 Å². The highest BCUT2D eigenvalue weighted by molar-refractivity contribution is 5.75. The van der Waals surface area contributed by atoms with E-state index in [0.29, 0.717) is 0 Å². The second-order valence-electron chi connectivity index (χ2n) is 6.20. The summed E-state index contributed by atoms with van der Waals surface area (Å²) in [6, 6.07) is 0. The first-order chi connectivity index (χ1) is 8.56. The number of nitrogens with zero attached hydrogens (tertiary/aromatic N) is 1. The molecular formula is C13H22FNO4. The molecule has 1 amide bonds. The maximum Gasteiger partial charge on any atom is 0.410 e. The third kappa shape index (κ3) is 3.81. The summed E-state index contributed by atoms with van der Waals surface area (Å²) in [6.45, 7) is 7.02. The van der Waals surface area contributed by atoms with Crippen LogP contribution in [0, 0.1) is 5.41 Å². The number of rotatable bonds is 1. The normalized spacial score (nSPS) is 28.7. The molecule has 19 heavy (non-hydrogen) atoms. The lowest BCUT2D eigenvalue weighted by Crippen LogP contribution is -2.39. The Bertz CT molecular complexity index is 366. The highest BCUT2D eigenvalue weighted by atomic mass is 19.1. The van der Waals surface area contributed by atoms with Gasteiger partial charge in [-0.25, -0.2) is 9.18 Å². The first-order valence-corrected chi connectivity index (χ1v) is 6.41. The predicted octanol–water partition coefficient (Wildman–Crippen LogP) is 2.45. The molecule has 1 aliphatic heterocycles. The SMILES string of the molecule is CC(C)(C)OC(=O)N1CCC(F)C(C)(C(=O)O)CC1. The van der Waals surface area contributed by atoms with Crippen molar-refractivity contribution in [2.24, 2.45) is 5.41 Å². The molecule has 1 N–H and O–H groups in total. The molecule has 110 valence electrons. The number of alkyl halides is 1. The highest BCUT2D eigenvalue weighted by Gasteiger charge is 2.44. The maximum absolute atomic E-state index is 14.0. The van der Waals surface area contributed by atoms with Gasteiger partial charge in [0.05, 0.1) is 5.41 Å². The summed E-state index contributed by atoms with van der Waals surface area (Å²) >= 11 is 0. The van der Waals surface area contributed by atoms with Crippen molar-refractivity contribution in [1.82, 2.24) is 4.90 Å². The molecule has 2 unspecified atom stereocenters. The molecule has 0 aromatic heterocycles. The van der Waals surface area contributed by atoms with Gasteiger partial charge in [-0.1, -0.05) is 0 Å². The zero-order valence-corrected chi connectivity index (χ0v) is 11.9. The Morgan fingerprint density at radius 2 is 1.95 bits per heavy atom. The Morgan fingerprint density at radius 1 is 1.37 bits per heavy atom. The number of likely N-dealkylation sites (tertiary alicyclic amines) is 1. The van der Waals surface area contributed by atoms with Crippen LogP contribution < -0.4 is 0 Å². The summed E-state index contributed by atoms with van der Waals surface area (Å²) in [5.41, 5.74) is -2.05. The molecule has 2 atom stereocenters. The van der Waals surface area contributed by atoms with Crippen molar-refractivity contribution in [1.29, 1.82) is 0 Å². The van der Waals surface area contributed by atoms with Crippen LogP contribution in [0.2, 0.25) is 0 Å². The number of carbonyl (C=O) groups excluding carboxylic acids is 1. The Kier molecular flexibility index (Phi) is 4.43. The number of carbonyl (C=O) groups is 2. The Morgan fingerprint density at radius 3 is 2.42 bits per heavy atom. The summed E-state index contributed by atoms with van der Waals surface area (Å²) in [6.07, 6.45) is -1.88. The van der Waals surface area contributed by atoms with Crippen LogP contribution in [0.25, 0.3) is 0 Å². The van der Waals surface area contributed by atoms with Crippen molar-refractivity contribution in [3.8, 4) is 0 Å². The zero-order chi connectivity index (χ0) is 14.8. The summed E-state index contributed by atoms with van der Waals surface area (Å²) in [4.78, 5) is 24.4. The number of hydrogen-bond acceptors (Lipinski definition) is 3. The van der Waals surface area contributed by atoms with Gasteiger partial charge in [-0.2, -0.15) is 0 Å². The standard InChI is InChI=1S/C13H22FNO4/c1-12(2,3)19-11(18)15-7-5-9(14)13(4,6-8-15)10(16)17/h9H,5-8H2,1-4H3,(H,16,17). The fourth-order valence-corrected chi connectivity index (χ4v) is 1.97. The van der Waals surface area contributed by atoms with E-state index in [4.69, 9.17) is 9.84 Å². The second-order valence-corrected chi connectivity index (χ2v) is 6.20. The average Bonchev–Trinajstić information content (AvgIpc) is 2.38. The van der Waals surface area contributed by atoms with E-state index >= 15 is 0 Å². The van der Waals surface area contributed by atoms with E-state index in [1.807, 2.05) is 0 Å². The van der Waals surface area contributed by atoms with E-state index in [9.17, 15) is 14.0 Å². The number of carboxylic acid groups (broad SMARTS) is 1. The van der Waals surface area contributed by atoms with Crippen molar-refractivity contribution in [2.45, 2.75) is 52.3 Å². The minimum atomic E-state index is -1.46. The van der Waals surface area contributed by atoms with Gasteiger partial charge in [0.25, 0.3) is 0 Å². The first-order valence-electron chi connectivity index (χ1n) is 6.41. The molecule has 1 rings (SSSR count). The molecule has 0 saturated carbocycles. The predicted molar refractivity (Wildman–Crippen MR) is 67.7 cm³/mol. The molecule has 0 aromatic rings. The van der Waals surface area contributed by atoms with Gasteiger partial charge >= 0.3 is 12.1 Å². The van der Waals surface area contributed by atoms with Gasteiger partial charge in [-0.3, -0.25) is 4.79 Å². The molecule has 1 heterocycles. The molecule has 1 aliphatic rings. The van der Waals surface area contributed by atoms with E-state index in [1.165, 1.54) is 11.8 Å². The molecule has 5 nitrogen and oxygen atoms in total. The largest absolute Gasteiger partial charge is 0.481 e. The molecule has 0 bridgehead atoms. The van der Waals surface area contributed by atoms with Crippen molar-refractivity contribution in [2.75, 3.05) is 13.1 Å². The minimum absolute atomic E-state index is 0.0159. The quantitative estimate of drug-likeness (QED) is 0.798. The van der Waals surface area contributed by atoms with Gasteiger partial charge in [0, 0.05) is 13.1 Å². The molecule has 1 saturated heterocycles. The Balaban J connectivity index is 2.73. The lowest BCUT2D eigenvalue weighted by molar-refractivity contribution is -0.152. The van der Waals surface area contributed by atoms with Crippen molar-refractivity contribution in [3.05, 3.63) is 0 Å². The summed E-state index contributed by atoms with van der Waals surface area (Å²) in [7, 11) is 0. The van der Waals surface area contributed by atoms with Gasteiger partial charge in [0.15, 0.2) is 0 Å². The number of carboxylic acids is 1. The number of hydrogen-bond donors (Lipinski definition) is 1. The van der Waals surface area contributed by atoms with Crippen LogP contribution in [0.5, 0.6) is 0 Å². The van der Waals surface area contributed by atoms with E-state index in [1.54, 1.807) is 20.8 Å². The number of halogens is 1. The number of aliphatic carboxylic acids is 1. The molecule has 0 aromatic carbocycles. The van der Waals surface area contributed by atoms with Crippen LogP contribution in [-0.2, 0) is 9.53 Å². The fourth-order valence-electron chi connectivity index (χ4n) is 1.97. The van der Waals surface area contributed by atoms with Gasteiger partial charge < -0.3 is 14.7 Å². The summed E-state index contributed by atoms with van der Waals surface area (Å²) < 4.78 is 19.2. The van der Waals surface area contributed by atoms with Crippen LogP contribution in [0.4, 0.5) is 9.18 Å². The highest BCUT2D eigenvalue weighted by Crippen LogP contribution is 2.34. The molecule has 6 heteroatoms. The first kappa shape index (κ1) is 15.7. The topological polar surface area (TPSA) is 66.8 Å². The summed E-state index contributed by atoms with van der Waals surface area (Å²) in [5, 5.41) is 9.13. The average molecular weight is 275 g/mol. The van der Waals surface area contributed by atoms with Gasteiger partial charge in [0.1, 0.15) is 11.8 Å². The molecular weight excluding hydrogens is 253 g/mol. The van der Waals surface area contributed by atoms with E-state index in [-0.39, 0.29) is 25.9 Å². The van der Waals surface area contributed by atoms with Crippen LogP contribution in [-0.4, -0.2) is 46.9 Å². The van der Waals surface area contributed by atoms with E-state index in [0.717, 1.165) is 0 Å². The van der Waals surface area contributed by atoms with Crippen molar-refractivity contribution < 1.29 is 23.8 Å². The van der Waals surface area contributed by atoms with E-state index < -0.39 is 29.3 Å². The van der Waals surface area contributed by atoms with Crippen molar-refractivity contribution in [3.63, 3.8) is 0 Å². The van der Waals surface area contributed by atoms with Gasteiger partial charge in [-0.15, -0.1) is 0 Å².